The summed E-state index contributed by atoms with van der Waals surface area (Å²) in [6.07, 6.45) is 6.04. The van der Waals surface area contributed by atoms with Crippen molar-refractivity contribution in [3.05, 3.63) is 82.6 Å². The quantitative estimate of drug-likeness (QED) is 0.325. The normalized spacial score (nSPS) is 16.5. The molecule has 0 unspecified atom stereocenters. The van der Waals surface area contributed by atoms with Crippen LogP contribution in [0.2, 0.25) is 0 Å². The van der Waals surface area contributed by atoms with Crippen molar-refractivity contribution in [2.75, 3.05) is 11.9 Å². The highest BCUT2D eigenvalue weighted by Gasteiger charge is 2.35. The van der Waals surface area contributed by atoms with E-state index in [1.807, 2.05) is 42.9 Å². The van der Waals surface area contributed by atoms with Gasteiger partial charge < -0.3 is 4.57 Å². The number of nitrogens with zero attached hydrogens (tertiary/aromatic N) is 7. The molecule has 9 heteroatoms. The van der Waals surface area contributed by atoms with E-state index in [0.29, 0.717) is 46.8 Å². The molecular formula is C31H28FN7O. The lowest BCUT2D eigenvalue weighted by molar-refractivity contribution is 0.0995. The molecule has 2 aromatic heterocycles. The van der Waals surface area contributed by atoms with Crippen molar-refractivity contribution in [3.63, 3.8) is 0 Å². The first-order valence-corrected chi connectivity index (χ1v) is 13.6. The number of amides is 1. The lowest BCUT2D eigenvalue weighted by Gasteiger charge is -2.18. The summed E-state index contributed by atoms with van der Waals surface area (Å²) in [5.74, 6) is 0.892. The summed E-state index contributed by atoms with van der Waals surface area (Å²) in [4.78, 5) is 22.4. The average molecular weight is 534 g/mol. The van der Waals surface area contributed by atoms with Gasteiger partial charge in [-0.25, -0.2) is 9.37 Å². The molecule has 0 N–H and O–H groups in total. The summed E-state index contributed by atoms with van der Waals surface area (Å²) in [7, 11) is 3.90. The van der Waals surface area contributed by atoms with Crippen molar-refractivity contribution in [2.45, 2.75) is 50.7 Å². The maximum Gasteiger partial charge on any atom is 0.260 e. The molecular weight excluding hydrogens is 505 g/mol. The van der Waals surface area contributed by atoms with Crippen LogP contribution in [-0.2, 0) is 20.1 Å². The molecule has 200 valence electrons. The number of halogens is 1. The van der Waals surface area contributed by atoms with Gasteiger partial charge in [0.05, 0.1) is 18.2 Å². The van der Waals surface area contributed by atoms with Gasteiger partial charge in [0, 0.05) is 47.9 Å². The van der Waals surface area contributed by atoms with Crippen molar-refractivity contribution in [1.29, 1.82) is 5.26 Å². The maximum absolute atomic E-state index is 15.3. The molecule has 0 saturated heterocycles. The Morgan fingerprint density at radius 2 is 1.90 bits per heavy atom. The number of carbonyl (C=O) groups is 1. The van der Waals surface area contributed by atoms with Crippen molar-refractivity contribution in [1.82, 2.24) is 24.6 Å². The highest BCUT2D eigenvalue weighted by Crippen LogP contribution is 2.43. The SMILES string of the molecule is CN(Cc1cc(F)c2c(c1)C(=O)N(c1cc(-c3ccc(C#N)cc3-c3nncn3C)cc(C3CC3)n1)C2)C1CC1. The Kier molecular flexibility index (Phi) is 5.75. The summed E-state index contributed by atoms with van der Waals surface area (Å²) >= 11 is 0. The number of rotatable bonds is 7. The molecule has 2 aliphatic carbocycles. The van der Waals surface area contributed by atoms with E-state index < -0.39 is 0 Å². The van der Waals surface area contributed by atoms with Gasteiger partial charge in [-0.05, 0) is 85.8 Å². The third-order valence-corrected chi connectivity index (χ3v) is 8.17. The van der Waals surface area contributed by atoms with Gasteiger partial charge >= 0.3 is 0 Å². The molecule has 2 saturated carbocycles. The van der Waals surface area contributed by atoms with E-state index in [9.17, 15) is 10.1 Å². The first-order chi connectivity index (χ1) is 19.4. The second-order valence-corrected chi connectivity index (χ2v) is 11.2. The lowest BCUT2D eigenvalue weighted by atomic mass is 9.96. The van der Waals surface area contributed by atoms with Crippen LogP contribution in [0.15, 0.2) is 48.8 Å². The van der Waals surface area contributed by atoms with E-state index in [4.69, 9.17) is 4.98 Å². The fraction of sp³-hybridized carbons (Fsp3) is 0.323. The number of carbonyl (C=O) groups excluding carboxylic acids is 1. The highest BCUT2D eigenvalue weighted by molar-refractivity contribution is 6.10. The van der Waals surface area contributed by atoms with Crippen molar-refractivity contribution in [2.24, 2.45) is 7.05 Å². The van der Waals surface area contributed by atoms with Crippen LogP contribution in [0.1, 0.15) is 64.3 Å². The van der Waals surface area contributed by atoms with Gasteiger partial charge in [-0.2, -0.15) is 5.26 Å². The fourth-order valence-electron chi connectivity index (χ4n) is 5.62. The minimum absolute atomic E-state index is 0.142. The number of pyridine rings is 1. The largest absolute Gasteiger partial charge is 0.317 e. The second-order valence-electron chi connectivity index (χ2n) is 11.2. The van der Waals surface area contributed by atoms with E-state index in [1.165, 1.54) is 12.8 Å². The Morgan fingerprint density at radius 1 is 1.07 bits per heavy atom. The second kappa shape index (κ2) is 9.35. The van der Waals surface area contributed by atoms with Crippen LogP contribution < -0.4 is 4.90 Å². The zero-order valence-electron chi connectivity index (χ0n) is 22.4. The first-order valence-electron chi connectivity index (χ1n) is 13.6. The number of hydrogen-bond acceptors (Lipinski definition) is 6. The van der Waals surface area contributed by atoms with Gasteiger partial charge in [0.2, 0.25) is 0 Å². The Labute approximate surface area is 231 Å². The lowest BCUT2D eigenvalue weighted by Crippen LogP contribution is -2.24. The molecule has 7 rings (SSSR count). The van der Waals surface area contributed by atoms with Crippen LogP contribution in [-0.4, -0.2) is 43.6 Å². The van der Waals surface area contributed by atoms with Gasteiger partial charge in [0.25, 0.3) is 5.91 Å². The summed E-state index contributed by atoms with van der Waals surface area (Å²) in [6, 6.07) is 15.6. The van der Waals surface area contributed by atoms with E-state index in [2.05, 4.69) is 27.2 Å². The van der Waals surface area contributed by atoms with Gasteiger partial charge in [-0.1, -0.05) is 6.07 Å². The zero-order chi connectivity index (χ0) is 27.5. The molecule has 2 fully saturated rings. The average Bonchev–Trinajstić information content (AvgIpc) is 3.89. The van der Waals surface area contributed by atoms with Crippen LogP contribution in [0.4, 0.5) is 10.2 Å². The molecule has 3 heterocycles. The number of anilines is 1. The Morgan fingerprint density at radius 3 is 2.60 bits per heavy atom. The van der Waals surface area contributed by atoms with E-state index in [0.717, 1.165) is 40.8 Å². The van der Waals surface area contributed by atoms with Gasteiger partial charge in [-0.3, -0.25) is 14.6 Å². The molecule has 0 radical (unpaired) electrons. The third-order valence-electron chi connectivity index (χ3n) is 8.17. The first kappa shape index (κ1) is 24.6. The van der Waals surface area contributed by atoms with Gasteiger partial charge in [0.1, 0.15) is 18.0 Å². The summed E-state index contributed by atoms with van der Waals surface area (Å²) in [5, 5.41) is 17.9. The molecule has 4 aromatic rings. The van der Waals surface area contributed by atoms with Crippen LogP contribution in [0.5, 0.6) is 0 Å². The van der Waals surface area contributed by atoms with Gasteiger partial charge in [0.15, 0.2) is 5.82 Å². The minimum Gasteiger partial charge on any atom is -0.317 e. The number of fused-ring (bicyclic) bond motifs is 1. The Hall–Kier alpha value is -4.42. The Bertz CT molecular complexity index is 1710. The summed E-state index contributed by atoms with van der Waals surface area (Å²) in [6.45, 7) is 0.758. The molecule has 40 heavy (non-hydrogen) atoms. The van der Waals surface area contributed by atoms with Crippen molar-refractivity contribution >= 4 is 11.7 Å². The van der Waals surface area contributed by atoms with Crippen LogP contribution in [0, 0.1) is 17.1 Å². The molecule has 0 spiro atoms. The molecule has 0 bridgehead atoms. The molecule has 8 nitrogen and oxygen atoms in total. The summed E-state index contributed by atoms with van der Waals surface area (Å²) in [5.41, 5.74) is 5.57. The molecule has 1 aliphatic heterocycles. The topological polar surface area (TPSA) is 90.9 Å². The third kappa shape index (κ3) is 4.34. The van der Waals surface area contributed by atoms with Crippen molar-refractivity contribution in [3.8, 4) is 28.6 Å². The maximum atomic E-state index is 15.3. The number of hydrogen-bond donors (Lipinski definition) is 0. The van der Waals surface area contributed by atoms with Crippen molar-refractivity contribution < 1.29 is 9.18 Å². The predicted molar refractivity (Wildman–Crippen MR) is 148 cm³/mol. The molecule has 2 aromatic carbocycles. The number of aryl methyl sites for hydroxylation is 1. The monoisotopic (exact) mass is 533 g/mol. The van der Waals surface area contributed by atoms with E-state index in [-0.39, 0.29) is 18.3 Å². The summed E-state index contributed by atoms with van der Waals surface area (Å²) < 4.78 is 17.1. The molecule has 1 amide bonds. The van der Waals surface area contributed by atoms with Gasteiger partial charge in [-0.15, -0.1) is 10.2 Å². The smallest absolute Gasteiger partial charge is 0.260 e. The predicted octanol–water partition coefficient (Wildman–Crippen LogP) is 5.19. The Balaban J connectivity index is 1.29. The minimum atomic E-state index is -0.345. The molecule has 3 aliphatic rings. The fourth-order valence-corrected chi connectivity index (χ4v) is 5.62. The standard InChI is InChI=1S/C31H28FN7O/c1-37(22-6-7-22)15-19-10-25-26(27(32)11-19)16-39(31(25)40)29-13-21(12-28(35-29)20-4-5-20)23-8-3-18(14-33)9-24(23)30-36-34-17-38(30)2/h3,8-13,17,20,22H,4-7,15-16H2,1-2H3. The highest BCUT2D eigenvalue weighted by atomic mass is 19.1. The number of nitriles is 1. The van der Waals surface area contributed by atoms with Crippen LogP contribution >= 0.6 is 0 Å². The van der Waals surface area contributed by atoms with E-state index in [1.54, 1.807) is 23.4 Å². The van der Waals surface area contributed by atoms with E-state index >= 15 is 4.39 Å². The number of benzene rings is 2. The number of aromatic nitrogens is 4. The zero-order valence-corrected chi connectivity index (χ0v) is 22.4. The van der Waals surface area contributed by atoms with Crippen LogP contribution in [0.3, 0.4) is 0 Å². The van der Waals surface area contributed by atoms with Crippen LogP contribution in [0.25, 0.3) is 22.5 Å². The molecule has 0 atom stereocenters.